The lowest BCUT2D eigenvalue weighted by Gasteiger charge is -2.43. The summed E-state index contributed by atoms with van der Waals surface area (Å²) in [7, 11) is 0. The molecule has 4 rings (SSSR count). The molecule has 0 spiro atoms. The fourth-order valence-electron chi connectivity index (χ4n) is 5.06. The zero-order valence-electron chi connectivity index (χ0n) is 16.8. The number of amides is 1. The number of piperidine rings is 3. The minimum Gasteiger partial charge on any atom is -0.342 e. The maximum atomic E-state index is 13.4. The SMILES string of the molecule is O=C([C@@H]1CCCN(C2CCN(Cc3ccncc3)CC2)C1)N1CCC(F)CC1. The van der Waals surface area contributed by atoms with E-state index in [0.29, 0.717) is 32.0 Å². The summed E-state index contributed by atoms with van der Waals surface area (Å²) in [5.74, 6) is 0.381. The molecule has 3 saturated heterocycles. The Labute approximate surface area is 167 Å². The summed E-state index contributed by atoms with van der Waals surface area (Å²) in [6, 6.07) is 4.79. The molecule has 5 nitrogen and oxygen atoms in total. The third kappa shape index (κ3) is 4.90. The smallest absolute Gasteiger partial charge is 0.226 e. The molecular weight excluding hydrogens is 355 g/mol. The first-order valence-corrected chi connectivity index (χ1v) is 11.0. The Kier molecular flexibility index (Phi) is 6.58. The van der Waals surface area contributed by atoms with Crippen molar-refractivity contribution in [1.29, 1.82) is 0 Å². The van der Waals surface area contributed by atoms with E-state index in [1.54, 1.807) is 0 Å². The number of aromatic nitrogens is 1. The van der Waals surface area contributed by atoms with Crippen LogP contribution in [0.25, 0.3) is 0 Å². The molecule has 0 saturated carbocycles. The second-order valence-electron chi connectivity index (χ2n) is 8.70. The predicted molar refractivity (Wildman–Crippen MR) is 108 cm³/mol. The number of likely N-dealkylation sites (tertiary alicyclic amines) is 3. The summed E-state index contributed by atoms with van der Waals surface area (Å²) < 4.78 is 13.4. The Morgan fingerprint density at radius 1 is 1.00 bits per heavy atom. The number of pyridine rings is 1. The first-order chi connectivity index (χ1) is 13.7. The van der Waals surface area contributed by atoms with Gasteiger partial charge in [-0.2, -0.15) is 0 Å². The molecule has 0 unspecified atom stereocenters. The van der Waals surface area contributed by atoms with E-state index in [0.717, 1.165) is 45.6 Å². The van der Waals surface area contributed by atoms with Gasteiger partial charge in [0.1, 0.15) is 6.17 Å². The molecule has 3 fully saturated rings. The Morgan fingerprint density at radius 3 is 2.43 bits per heavy atom. The quantitative estimate of drug-likeness (QED) is 0.795. The van der Waals surface area contributed by atoms with Gasteiger partial charge in [0.15, 0.2) is 0 Å². The van der Waals surface area contributed by atoms with Gasteiger partial charge in [0.05, 0.1) is 5.92 Å². The van der Waals surface area contributed by atoms with Gasteiger partial charge in [0.25, 0.3) is 0 Å². The molecule has 1 amide bonds. The maximum absolute atomic E-state index is 13.4. The second-order valence-corrected chi connectivity index (χ2v) is 8.70. The normalized spacial score (nSPS) is 26.5. The third-order valence-corrected chi connectivity index (χ3v) is 6.77. The molecule has 3 aliphatic rings. The van der Waals surface area contributed by atoms with Crippen LogP contribution < -0.4 is 0 Å². The van der Waals surface area contributed by atoms with Crippen LogP contribution in [0, 0.1) is 5.92 Å². The van der Waals surface area contributed by atoms with Crippen molar-refractivity contribution in [1.82, 2.24) is 19.7 Å². The largest absolute Gasteiger partial charge is 0.342 e. The first-order valence-electron chi connectivity index (χ1n) is 11.0. The zero-order chi connectivity index (χ0) is 19.3. The van der Waals surface area contributed by atoms with Crippen LogP contribution in [0.3, 0.4) is 0 Å². The van der Waals surface area contributed by atoms with Crippen molar-refractivity contribution in [2.75, 3.05) is 39.3 Å². The minimum atomic E-state index is -0.718. The molecule has 154 valence electrons. The van der Waals surface area contributed by atoms with Crippen molar-refractivity contribution in [2.45, 2.75) is 57.3 Å². The van der Waals surface area contributed by atoms with Crippen LogP contribution in [0.1, 0.15) is 44.1 Å². The molecule has 0 radical (unpaired) electrons. The number of alkyl halides is 1. The molecule has 1 aromatic heterocycles. The molecule has 28 heavy (non-hydrogen) atoms. The average molecular weight is 389 g/mol. The number of halogens is 1. The van der Waals surface area contributed by atoms with Crippen LogP contribution in [0.4, 0.5) is 4.39 Å². The van der Waals surface area contributed by atoms with Gasteiger partial charge in [-0.15, -0.1) is 0 Å². The van der Waals surface area contributed by atoms with Gasteiger partial charge in [-0.05, 0) is 75.9 Å². The summed E-state index contributed by atoms with van der Waals surface area (Å²) in [5, 5.41) is 0. The van der Waals surface area contributed by atoms with Gasteiger partial charge in [-0.25, -0.2) is 4.39 Å². The molecule has 0 bridgehead atoms. The van der Waals surface area contributed by atoms with E-state index in [9.17, 15) is 9.18 Å². The van der Waals surface area contributed by atoms with Gasteiger partial charge in [0, 0.05) is 44.6 Å². The fourth-order valence-corrected chi connectivity index (χ4v) is 5.06. The van der Waals surface area contributed by atoms with Crippen molar-refractivity contribution in [2.24, 2.45) is 5.92 Å². The number of carbonyl (C=O) groups excluding carboxylic acids is 1. The standard InChI is InChI=1S/C22H33FN4O/c23-20-5-14-26(15-6-20)22(28)19-2-1-11-27(17-19)21-7-12-25(13-8-21)16-18-3-9-24-10-4-18/h3-4,9-10,19-21H,1-2,5-8,11-17H2/t19-/m1/s1. The Hall–Kier alpha value is -1.53. The van der Waals surface area contributed by atoms with Crippen molar-refractivity contribution < 1.29 is 9.18 Å². The van der Waals surface area contributed by atoms with Gasteiger partial charge >= 0.3 is 0 Å². The molecule has 3 aliphatic heterocycles. The Bertz CT molecular complexity index is 627. The average Bonchev–Trinajstić information content (AvgIpc) is 2.75. The monoisotopic (exact) mass is 388 g/mol. The highest BCUT2D eigenvalue weighted by molar-refractivity contribution is 5.79. The lowest BCUT2D eigenvalue weighted by molar-refractivity contribution is -0.139. The summed E-state index contributed by atoms with van der Waals surface area (Å²) in [6.45, 7) is 6.45. The van der Waals surface area contributed by atoms with Crippen molar-refractivity contribution in [3.63, 3.8) is 0 Å². The molecule has 0 aliphatic carbocycles. The number of rotatable bonds is 4. The van der Waals surface area contributed by atoms with Gasteiger partial charge in [0.2, 0.25) is 5.91 Å². The van der Waals surface area contributed by atoms with Crippen molar-refractivity contribution >= 4 is 5.91 Å². The van der Waals surface area contributed by atoms with Gasteiger partial charge in [-0.1, -0.05) is 0 Å². The molecular formula is C22H33FN4O. The summed E-state index contributed by atoms with van der Waals surface area (Å²) in [6.07, 6.45) is 8.49. The minimum absolute atomic E-state index is 0.111. The second kappa shape index (κ2) is 9.31. The molecule has 1 aromatic rings. The highest BCUT2D eigenvalue weighted by Crippen LogP contribution is 2.26. The summed E-state index contributed by atoms with van der Waals surface area (Å²) >= 11 is 0. The number of hydrogen-bond donors (Lipinski definition) is 0. The summed E-state index contributed by atoms with van der Waals surface area (Å²) in [5.41, 5.74) is 1.33. The van der Waals surface area contributed by atoms with Gasteiger partial charge < -0.3 is 4.90 Å². The van der Waals surface area contributed by atoms with Crippen LogP contribution in [-0.2, 0) is 11.3 Å². The van der Waals surface area contributed by atoms with Crippen LogP contribution in [-0.4, -0.2) is 77.1 Å². The van der Waals surface area contributed by atoms with E-state index >= 15 is 0 Å². The van der Waals surface area contributed by atoms with Crippen LogP contribution >= 0.6 is 0 Å². The number of nitrogens with zero attached hydrogens (tertiary/aromatic N) is 4. The number of carbonyl (C=O) groups is 1. The Morgan fingerprint density at radius 2 is 1.71 bits per heavy atom. The lowest BCUT2D eigenvalue weighted by Crippen LogP contribution is -2.52. The first kappa shape index (κ1) is 19.8. The molecule has 0 aromatic carbocycles. The fraction of sp³-hybridized carbons (Fsp3) is 0.727. The maximum Gasteiger partial charge on any atom is 0.226 e. The summed E-state index contributed by atoms with van der Waals surface area (Å²) in [4.78, 5) is 24.0. The van der Waals surface area contributed by atoms with E-state index < -0.39 is 6.17 Å². The molecule has 4 heterocycles. The molecule has 1 atom stereocenters. The zero-order valence-corrected chi connectivity index (χ0v) is 16.8. The highest BCUT2D eigenvalue weighted by Gasteiger charge is 2.34. The van der Waals surface area contributed by atoms with Gasteiger partial charge in [-0.3, -0.25) is 19.6 Å². The van der Waals surface area contributed by atoms with E-state index in [1.807, 2.05) is 17.3 Å². The van der Waals surface area contributed by atoms with E-state index in [-0.39, 0.29) is 11.8 Å². The van der Waals surface area contributed by atoms with E-state index in [1.165, 1.54) is 18.4 Å². The number of hydrogen-bond acceptors (Lipinski definition) is 4. The van der Waals surface area contributed by atoms with Crippen molar-refractivity contribution in [3.8, 4) is 0 Å². The lowest BCUT2D eigenvalue weighted by atomic mass is 9.92. The molecule has 6 heteroatoms. The topological polar surface area (TPSA) is 39.7 Å². The molecule has 0 N–H and O–H groups in total. The van der Waals surface area contributed by atoms with E-state index in [4.69, 9.17) is 0 Å². The van der Waals surface area contributed by atoms with E-state index in [2.05, 4.69) is 26.9 Å². The van der Waals surface area contributed by atoms with Crippen LogP contribution in [0.15, 0.2) is 24.5 Å². The Balaban J connectivity index is 1.25. The predicted octanol–water partition coefficient (Wildman–Crippen LogP) is 2.72. The van der Waals surface area contributed by atoms with Crippen LogP contribution in [0.2, 0.25) is 0 Å². The third-order valence-electron chi connectivity index (χ3n) is 6.77. The highest BCUT2D eigenvalue weighted by atomic mass is 19.1. The van der Waals surface area contributed by atoms with Crippen molar-refractivity contribution in [3.05, 3.63) is 30.1 Å². The van der Waals surface area contributed by atoms with Crippen LogP contribution in [0.5, 0.6) is 0 Å².